The van der Waals surface area contributed by atoms with Crippen LogP contribution >= 0.6 is 15.8 Å². The molecule has 0 radical (unpaired) electrons. The molecule has 0 aliphatic heterocycles. The lowest BCUT2D eigenvalue weighted by Crippen LogP contribution is -2.14. The second-order valence-electron chi connectivity index (χ2n) is 13.9. The Hall–Kier alpha value is -3.06. The van der Waals surface area contributed by atoms with Gasteiger partial charge in [-0.2, -0.15) is 0 Å². The summed E-state index contributed by atoms with van der Waals surface area (Å²) in [6.45, 7) is 20.8. The SMILES string of the molecule is CCCOc1c2cccc1Cc1cc(P(C)C)cc(c1OCCC)Cc1cccc(c1OCCC)Cc1cc(P(C)C)cc(c1OCCC)C2. The Labute approximate surface area is 304 Å². The minimum absolute atomic E-state index is 0.326. The zero-order valence-corrected chi connectivity index (χ0v) is 33.6. The third-order valence-electron chi connectivity index (χ3n) is 9.17. The van der Waals surface area contributed by atoms with Gasteiger partial charge in [-0.3, -0.25) is 0 Å². The molecule has 0 saturated carbocycles. The van der Waals surface area contributed by atoms with Gasteiger partial charge >= 0.3 is 0 Å². The van der Waals surface area contributed by atoms with Crippen molar-refractivity contribution in [2.75, 3.05) is 53.1 Å². The van der Waals surface area contributed by atoms with Gasteiger partial charge in [-0.25, -0.2) is 0 Å². The quantitative estimate of drug-likeness (QED) is 0.107. The number of rotatable bonds is 14. The molecule has 0 amide bonds. The van der Waals surface area contributed by atoms with Gasteiger partial charge in [0.2, 0.25) is 0 Å². The lowest BCUT2D eigenvalue weighted by atomic mass is 9.91. The normalized spacial score (nSPS) is 12.7. The summed E-state index contributed by atoms with van der Waals surface area (Å²) in [6, 6.07) is 23.0. The van der Waals surface area contributed by atoms with E-state index in [4.69, 9.17) is 18.9 Å². The van der Waals surface area contributed by atoms with Crippen LogP contribution in [0.15, 0.2) is 60.7 Å². The van der Waals surface area contributed by atoms with E-state index in [0.717, 1.165) is 74.4 Å². The summed E-state index contributed by atoms with van der Waals surface area (Å²) < 4.78 is 26.8. The van der Waals surface area contributed by atoms with Crippen LogP contribution in [0.1, 0.15) is 97.9 Å². The average molecular weight is 713 g/mol. The largest absolute Gasteiger partial charge is 0.493 e. The first-order valence-corrected chi connectivity index (χ1v) is 23.1. The van der Waals surface area contributed by atoms with Gasteiger partial charge in [0.05, 0.1) is 26.4 Å². The monoisotopic (exact) mass is 712 g/mol. The molecule has 8 bridgehead atoms. The lowest BCUT2D eigenvalue weighted by Gasteiger charge is -2.24. The van der Waals surface area contributed by atoms with E-state index >= 15 is 0 Å². The van der Waals surface area contributed by atoms with Crippen LogP contribution in [0.5, 0.6) is 23.0 Å². The molecular formula is C44H58O4P2. The summed E-state index contributed by atoms with van der Waals surface area (Å²) in [6.07, 6.45) is 6.79. The van der Waals surface area contributed by atoms with Gasteiger partial charge in [0.1, 0.15) is 23.0 Å². The molecule has 5 rings (SSSR count). The van der Waals surface area contributed by atoms with Crippen LogP contribution in [-0.2, 0) is 25.7 Å². The van der Waals surface area contributed by atoms with Gasteiger partial charge in [0.15, 0.2) is 0 Å². The minimum atomic E-state index is -0.326. The molecule has 0 heterocycles. The molecule has 4 aromatic rings. The number of fused-ring (bicyclic) bond motifs is 8. The zero-order valence-electron chi connectivity index (χ0n) is 31.8. The Morgan fingerprint density at radius 2 is 0.640 bits per heavy atom. The maximum atomic E-state index is 6.72. The first-order valence-electron chi connectivity index (χ1n) is 18.7. The molecule has 268 valence electrons. The predicted molar refractivity (Wildman–Crippen MR) is 217 cm³/mol. The molecule has 0 saturated heterocycles. The molecule has 1 aliphatic rings. The summed E-state index contributed by atoms with van der Waals surface area (Å²) in [5.41, 5.74) is 9.77. The van der Waals surface area contributed by atoms with E-state index in [1.54, 1.807) is 0 Å². The van der Waals surface area contributed by atoms with Gasteiger partial charge in [-0.05, 0) is 132 Å². The van der Waals surface area contributed by atoms with Crippen LogP contribution in [0.3, 0.4) is 0 Å². The highest BCUT2D eigenvalue weighted by atomic mass is 31.1. The minimum Gasteiger partial charge on any atom is -0.493 e. The van der Waals surface area contributed by atoms with E-state index in [2.05, 4.69) is 115 Å². The number of hydrogen-bond donors (Lipinski definition) is 0. The van der Waals surface area contributed by atoms with Crippen LogP contribution < -0.4 is 29.6 Å². The van der Waals surface area contributed by atoms with Crippen LogP contribution in [0.2, 0.25) is 0 Å². The third-order valence-corrected chi connectivity index (χ3v) is 11.8. The Morgan fingerprint density at radius 1 is 0.400 bits per heavy atom. The van der Waals surface area contributed by atoms with Crippen molar-refractivity contribution >= 4 is 26.5 Å². The topological polar surface area (TPSA) is 36.9 Å². The smallest absolute Gasteiger partial charge is 0.126 e. The molecule has 4 aromatic carbocycles. The summed E-state index contributed by atoms with van der Waals surface area (Å²) in [7, 11) is -0.652. The fraction of sp³-hybridized carbons (Fsp3) is 0.455. The molecule has 50 heavy (non-hydrogen) atoms. The molecule has 1 aliphatic carbocycles. The number of ether oxygens (including phenoxy) is 4. The highest BCUT2D eigenvalue weighted by Crippen LogP contribution is 2.41. The van der Waals surface area contributed by atoms with Crippen molar-refractivity contribution in [2.45, 2.75) is 79.1 Å². The van der Waals surface area contributed by atoms with E-state index < -0.39 is 0 Å². The Balaban J connectivity index is 1.84. The van der Waals surface area contributed by atoms with Crippen molar-refractivity contribution in [3.05, 3.63) is 105 Å². The van der Waals surface area contributed by atoms with Gasteiger partial charge in [0, 0.05) is 25.7 Å². The van der Waals surface area contributed by atoms with Crippen LogP contribution in [0, 0.1) is 0 Å². The highest BCUT2D eigenvalue weighted by Gasteiger charge is 2.23. The van der Waals surface area contributed by atoms with E-state index in [-0.39, 0.29) is 15.8 Å². The molecule has 0 aromatic heterocycles. The Morgan fingerprint density at radius 3 is 0.860 bits per heavy atom. The third kappa shape index (κ3) is 9.23. The van der Waals surface area contributed by atoms with Crippen LogP contribution in [0.4, 0.5) is 0 Å². The van der Waals surface area contributed by atoms with Crippen LogP contribution in [0.25, 0.3) is 0 Å². The standard InChI is InChI=1S/C44H58O4P2/c1-9-19-45-41-31-15-13-16-32(41)24-36-28-40(50(7)8)30-38(44(36)48-22-12-4)26-34-18-14-17-33(42(34)46-20-10-2)25-37-29-39(49(5)6)27-35(23-31)43(37)47-21-11-3/h13-18,27-30H,9-12,19-26H2,1-8H3. The highest BCUT2D eigenvalue weighted by molar-refractivity contribution is 7.64. The number of hydrogen-bond acceptors (Lipinski definition) is 4. The van der Waals surface area contributed by atoms with Gasteiger partial charge in [-0.15, -0.1) is 0 Å². The van der Waals surface area contributed by atoms with Crippen molar-refractivity contribution in [1.29, 1.82) is 0 Å². The van der Waals surface area contributed by atoms with E-state index in [0.29, 0.717) is 26.4 Å². The summed E-state index contributed by atoms with van der Waals surface area (Å²) in [4.78, 5) is 0. The maximum absolute atomic E-state index is 6.72. The predicted octanol–water partition coefficient (Wildman–Crippen LogP) is 10.3. The average Bonchev–Trinajstić information content (AvgIpc) is 3.09. The molecule has 0 unspecified atom stereocenters. The van der Waals surface area contributed by atoms with Gasteiger partial charge < -0.3 is 18.9 Å². The molecule has 0 spiro atoms. The second-order valence-corrected chi connectivity index (χ2v) is 18.5. The first kappa shape index (κ1) is 38.2. The van der Waals surface area contributed by atoms with Crippen molar-refractivity contribution in [1.82, 2.24) is 0 Å². The van der Waals surface area contributed by atoms with E-state index in [1.807, 2.05) is 0 Å². The van der Waals surface area contributed by atoms with Crippen molar-refractivity contribution in [3.8, 4) is 23.0 Å². The first-order chi connectivity index (χ1) is 24.3. The van der Waals surface area contributed by atoms with Crippen molar-refractivity contribution in [2.24, 2.45) is 0 Å². The lowest BCUT2D eigenvalue weighted by molar-refractivity contribution is 0.305. The second kappa shape index (κ2) is 18.4. The van der Waals surface area contributed by atoms with E-state index in [1.165, 1.54) is 55.1 Å². The van der Waals surface area contributed by atoms with Crippen molar-refractivity contribution in [3.63, 3.8) is 0 Å². The molecule has 6 heteroatoms. The maximum Gasteiger partial charge on any atom is 0.126 e. The molecule has 0 fully saturated rings. The fourth-order valence-electron chi connectivity index (χ4n) is 6.73. The Bertz CT molecular complexity index is 1510. The van der Waals surface area contributed by atoms with Gasteiger partial charge in [0.25, 0.3) is 0 Å². The Kier molecular flexibility index (Phi) is 14.1. The summed E-state index contributed by atoms with van der Waals surface area (Å²) in [5.74, 6) is 4.05. The molecule has 4 nitrogen and oxygen atoms in total. The summed E-state index contributed by atoms with van der Waals surface area (Å²) in [5, 5.41) is 2.79. The van der Waals surface area contributed by atoms with Crippen LogP contribution in [-0.4, -0.2) is 53.1 Å². The molecule has 0 atom stereocenters. The van der Waals surface area contributed by atoms with Gasteiger partial charge in [-0.1, -0.05) is 79.9 Å². The van der Waals surface area contributed by atoms with Crippen molar-refractivity contribution < 1.29 is 18.9 Å². The number of para-hydroxylation sites is 2. The zero-order chi connectivity index (χ0) is 35.6. The van der Waals surface area contributed by atoms with E-state index in [9.17, 15) is 0 Å². The number of benzene rings is 4. The summed E-state index contributed by atoms with van der Waals surface area (Å²) >= 11 is 0. The molecule has 0 N–H and O–H groups in total. The molecular weight excluding hydrogens is 654 g/mol. The fourth-order valence-corrected chi connectivity index (χ4v) is 8.38.